The van der Waals surface area contributed by atoms with Crippen LogP contribution in [0, 0.1) is 0 Å². The quantitative estimate of drug-likeness (QED) is 0.717. The second-order valence-corrected chi connectivity index (χ2v) is 8.42. The number of sulfonamides is 1. The van der Waals surface area contributed by atoms with Crippen molar-refractivity contribution in [3.8, 4) is 5.75 Å². The van der Waals surface area contributed by atoms with Gasteiger partial charge in [-0.05, 0) is 38.5 Å². The van der Waals surface area contributed by atoms with Gasteiger partial charge in [0.15, 0.2) is 6.10 Å². The first-order valence-corrected chi connectivity index (χ1v) is 10.2. The van der Waals surface area contributed by atoms with Crippen molar-refractivity contribution in [1.82, 2.24) is 5.32 Å². The molecule has 9 heteroatoms. The predicted molar refractivity (Wildman–Crippen MR) is 96.8 cm³/mol. The van der Waals surface area contributed by atoms with Gasteiger partial charge in [0.25, 0.3) is 5.91 Å². The first-order valence-electron chi connectivity index (χ1n) is 8.01. The Morgan fingerprint density at radius 1 is 1.48 bits per heavy atom. The number of fused-ring (bicyclic) bond motifs is 1. The minimum absolute atomic E-state index is 0.0967. The summed E-state index contributed by atoms with van der Waals surface area (Å²) in [6, 6.07) is 4.66. The number of nitrogens with zero attached hydrogens (tertiary/aromatic N) is 1. The molecule has 0 fully saturated rings. The van der Waals surface area contributed by atoms with E-state index in [1.54, 1.807) is 12.1 Å². The molecule has 140 valence electrons. The lowest BCUT2D eigenvalue weighted by Crippen LogP contribution is -2.50. The summed E-state index contributed by atoms with van der Waals surface area (Å²) >= 11 is 5.94. The Hall–Kier alpha value is -1.51. The van der Waals surface area contributed by atoms with Crippen molar-refractivity contribution in [3.63, 3.8) is 0 Å². The van der Waals surface area contributed by atoms with Gasteiger partial charge < -0.3 is 14.8 Å². The summed E-state index contributed by atoms with van der Waals surface area (Å²) in [7, 11) is -3.57. The highest BCUT2D eigenvalue weighted by atomic mass is 35.5. The number of ether oxygens (including phenoxy) is 2. The standard InChI is InChI=1S/C16H23ClN2O5S/c1-11(2)23-8-4-7-18-16(20)15-10-19(25(3,21)22)13-9-12(17)5-6-14(13)24-15/h5-6,9,11,15H,4,7-8,10H2,1-3H3,(H,18,20). The van der Waals surface area contributed by atoms with Crippen LogP contribution in [-0.4, -0.2) is 52.5 Å². The zero-order valence-corrected chi connectivity index (χ0v) is 16.1. The van der Waals surface area contributed by atoms with E-state index in [0.29, 0.717) is 36.0 Å². The van der Waals surface area contributed by atoms with Crippen molar-refractivity contribution in [1.29, 1.82) is 0 Å². The van der Waals surface area contributed by atoms with Crippen LogP contribution >= 0.6 is 11.6 Å². The smallest absolute Gasteiger partial charge is 0.263 e. The molecule has 7 nitrogen and oxygen atoms in total. The van der Waals surface area contributed by atoms with Gasteiger partial charge in [0.05, 0.1) is 24.6 Å². The zero-order valence-electron chi connectivity index (χ0n) is 14.5. The van der Waals surface area contributed by atoms with E-state index in [1.807, 2.05) is 13.8 Å². The Balaban J connectivity index is 2.03. The molecule has 0 aliphatic carbocycles. The van der Waals surface area contributed by atoms with E-state index in [0.717, 1.165) is 10.6 Å². The highest BCUT2D eigenvalue weighted by Crippen LogP contribution is 2.37. The molecule has 1 aromatic rings. The zero-order chi connectivity index (χ0) is 18.6. The summed E-state index contributed by atoms with van der Waals surface area (Å²) in [5.74, 6) is -0.0526. The fourth-order valence-electron chi connectivity index (χ4n) is 2.39. The molecule has 0 aromatic heterocycles. The molecule has 1 aromatic carbocycles. The summed E-state index contributed by atoms with van der Waals surface area (Å²) in [6.07, 6.45) is 0.971. The van der Waals surface area contributed by atoms with Gasteiger partial charge >= 0.3 is 0 Å². The van der Waals surface area contributed by atoms with E-state index < -0.39 is 16.1 Å². The molecule has 0 radical (unpaired) electrons. The fraction of sp³-hybridized carbons (Fsp3) is 0.562. The van der Waals surface area contributed by atoms with Gasteiger partial charge in [0.2, 0.25) is 10.0 Å². The molecular weight excluding hydrogens is 368 g/mol. The van der Waals surface area contributed by atoms with Crippen molar-refractivity contribution in [3.05, 3.63) is 23.2 Å². The third-order valence-corrected chi connectivity index (χ3v) is 4.94. The third-order valence-electron chi connectivity index (χ3n) is 3.55. The Morgan fingerprint density at radius 2 is 2.20 bits per heavy atom. The number of carbonyl (C=O) groups is 1. The van der Waals surface area contributed by atoms with Crippen molar-refractivity contribution in [2.24, 2.45) is 0 Å². The van der Waals surface area contributed by atoms with Crippen LogP contribution < -0.4 is 14.4 Å². The van der Waals surface area contributed by atoms with Crippen molar-refractivity contribution in [2.75, 3.05) is 30.3 Å². The van der Waals surface area contributed by atoms with Crippen LogP contribution in [-0.2, 0) is 19.6 Å². The molecule has 1 N–H and O–H groups in total. The molecule has 0 bridgehead atoms. The van der Waals surface area contributed by atoms with Crippen LogP contribution in [0.1, 0.15) is 20.3 Å². The predicted octanol–water partition coefficient (Wildman–Crippen LogP) is 1.80. The van der Waals surface area contributed by atoms with Gasteiger partial charge in [0.1, 0.15) is 5.75 Å². The summed E-state index contributed by atoms with van der Waals surface area (Å²) in [5.41, 5.74) is 0.337. The molecule has 0 spiro atoms. The molecule has 1 heterocycles. The SMILES string of the molecule is CC(C)OCCCNC(=O)C1CN(S(C)(=O)=O)c2cc(Cl)ccc2O1. The van der Waals surface area contributed by atoms with Gasteiger partial charge in [-0.25, -0.2) is 8.42 Å². The Kier molecular flexibility index (Phi) is 6.53. The van der Waals surface area contributed by atoms with Crippen molar-refractivity contribution < 1.29 is 22.7 Å². The van der Waals surface area contributed by atoms with Gasteiger partial charge in [-0.2, -0.15) is 0 Å². The largest absolute Gasteiger partial charge is 0.476 e. The number of rotatable bonds is 7. The molecule has 1 amide bonds. The maximum absolute atomic E-state index is 12.3. The summed E-state index contributed by atoms with van der Waals surface area (Å²) in [6.45, 7) is 4.76. The van der Waals surface area contributed by atoms with Gasteiger partial charge in [-0.1, -0.05) is 11.6 Å². The van der Waals surface area contributed by atoms with Crippen LogP contribution in [0.15, 0.2) is 18.2 Å². The Morgan fingerprint density at radius 3 is 2.84 bits per heavy atom. The first kappa shape index (κ1) is 19.8. The van der Waals surface area contributed by atoms with E-state index in [-0.39, 0.29) is 18.6 Å². The molecule has 1 atom stereocenters. The first-order chi connectivity index (χ1) is 11.7. The van der Waals surface area contributed by atoms with E-state index in [9.17, 15) is 13.2 Å². The lowest BCUT2D eigenvalue weighted by atomic mass is 10.2. The molecule has 1 aliphatic heterocycles. The van der Waals surface area contributed by atoms with E-state index >= 15 is 0 Å². The second kappa shape index (κ2) is 8.25. The van der Waals surface area contributed by atoms with Crippen LogP contribution in [0.25, 0.3) is 0 Å². The Bertz CT molecular complexity index is 723. The average molecular weight is 391 g/mol. The number of anilines is 1. The number of nitrogens with one attached hydrogen (secondary N) is 1. The normalized spacial score (nSPS) is 17.2. The van der Waals surface area contributed by atoms with Gasteiger partial charge in [-0.3, -0.25) is 9.10 Å². The average Bonchev–Trinajstić information content (AvgIpc) is 2.52. The van der Waals surface area contributed by atoms with Crippen molar-refractivity contribution >= 4 is 33.2 Å². The Labute approximate surface area is 153 Å². The minimum Gasteiger partial charge on any atom is -0.476 e. The highest BCUT2D eigenvalue weighted by molar-refractivity contribution is 7.92. The maximum atomic E-state index is 12.3. The molecule has 0 saturated carbocycles. The summed E-state index contributed by atoms with van der Waals surface area (Å²) in [5, 5.41) is 3.14. The van der Waals surface area contributed by atoms with Crippen LogP contribution in [0.3, 0.4) is 0 Å². The van der Waals surface area contributed by atoms with Gasteiger partial charge in [0, 0.05) is 18.2 Å². The second-order valence-electron chi connectivity index (χ2n) is 6.08. The molecule has 2 rings (SSSR count). The number of halogens is 1. The molecule has 0 saturated heterocycles. The minimum atomic E-state index is -3.57. The number of hydrogen-bond acceptors (Lipinski definition) is 5. The monoisotopic (exact) mass is 390 g/mol. The fourth-order valence-corrected chi connectivity index (χ4v) is 3.46. The molecule has 25 heavy (non-hydrogen) atoms. The topological polar surface area (TPSA) is 84.9 Å². The summed E-state index contributed by atoms with van der Waals surface area (Å²) in [4.78, 5) is 12.3. The van der Waals surface area contributed by atoms with Crippen molar-refractivity contribution in [2.45, 2.75) is 32.5 Å². The molecule has 1 aliphatic rings. The van der Waals surface area contributed by atoms with E-state index in [2.05, 4.69) is 5.32 Å². The third kappa shape index (κ3) is 5.49. The van der Waals surface area contributed by atoms with Gasteiger partial charge in [-0.15, -0.1) is 0 Å². The summed E-state index contributed by atoms with van der Waals surface area (Å²) < 4.78 is 36.4. The van der Waals surface area contributed by atoms with Crippen LogP contribution in [0.5, 0.6) is 5.75 Å². The number of hydrogen-bond donors (Lipinski definition) is 1. The van der Waals surface area contributed by atoms with Crippen LogP contribution in [0.4, 0.5) is 5.69 Å². The lowest BCUT2D eigenvalue weighted by Gasteiger charge is -2.34. The van der Waals surface area contributed by atoms with E-state index in [4.69, 9.17) is 21.1 Å². The van der Waals surface area contributed by atoms with Crippen LogP contribution in [0.2, 0.25) is 5.02 Å². The van der Waals surface area contributed by atoms with E-state index in [1.165, 1.54) is 6.07 Å². The number of amides is 1. The lowest BCUT2D eigenvalue weighted by molar-refractivity contribution is -0.127. The maximum Gasteiger partial charge on any atom is 0.263 e. The molecular formula is C16H23ClN2O5S. The number of carbonyl (C=O) groups excluding carboxylic acids is 1. The highest BCUT2D eigenvalue weighted by Gasteiger charge is 2.35. The molecule has 1 unspecified atom stereocenters. The number of benzene rings is 1.